The van der Waals surface area contributed by atoms with E-state index in [-0.39, 0.29) is 18.3 Å². The monoisotopic (exact) mass is 418 g/mol. The number of H-pyrrole nitrogens is 1. The zero-order chi connectivity index (χ0) is 21.2. The number of hydrogen-bond donors (Lipinski definition) is 1. The molecular formula is C23H22N4O4. The van der Waals surface area contributed by atoms with Gasteiger partial charge in [-0.25, -0.2) is 4.98 Å². The van der Waals surface area contributed by atoms with Crippen LogP contribution in [0.5, 0.6) is 11.5 Å². The predicted molar refractivity (Wildman–Crippen MR) is 114 cm³/mol. The van der Waals surface area contributed by atoms with E-state index in [0.717, 1.165) is 42.3 Å². The minimum absolute atomic E-state index is 0.0731. The number of amides is 1. The number of piperazine rings is 1. The molecule has 2 aliphatic heterocycles. The Kier molecular flexibility index (Phi) is 5.13. The number of nitrogens with zero attached hydrogens (tertiary/aromatic N) is 3. The number of rotatable bonds is 4. The molecule has 1 amide bonds. The van der Waals surface area contributed by atoms with Crippen molar-refractivity contribution in [2.75, 3.05) is 33.0 Å². The molecule has 0 bridgehead atoms. The summed E-state index contributed by atoms with van der Waals surface area (Å²) in [5, 5.41) is 0. The van der Waals surface area contributed by atoms with E-state index < -0.39 is 5.56 Å². The van der Waals surface area contributed by atoms with Crippen molar-refractivity contribution >= 4 is 5.91 Å². The standard InChI is InChI=1S/C23H22N4O4/c28-22-18(13-24-21(25-22)17-4-2-1-3-5-17)23(29)27-10-8-26(9-11-27)14-16-6-7-19-20(12-16)31-15-30-19/h1-7,12-13H,8-11,14-15H2,(H,24,25,28). The molecule has 1 N–H and O–H groups in total. The van der Waals surface area contributed by atoms with Crippen LogP contribution in [0, 0.1) is 0 Å². The second-order valence-corrected chi connectivity index (χ2v) is 7.60. The number of carbonyl (C=O) groups excluding carboxylic acids is 1. The van der Waals surface area contributed by atoms with Crippen molar-refractivity contribution in [2.45, 2.75) is 6.54 Å². The summed E-state index contributed by atoms with van der Waals surface area (Å²) in [6.45, 7) is 3.61. The summed E-state index contributed by atoms with van der Waals surface area (Å²) in [4.78, 5) is 36.4. The van der Waals surface area contributed by atoms with Crippen LogP contribution in [-0.2, 0) is 6.54 Å². The van der Waals surface area contributed by atoms with Gasteiger partial charge in [-0.3, -0.25) is 14.5 Å². The third-order valence-electron chi connectivity index (χ3n) is 5.58. The zero-order valence-corrected chi connectivity index (χ0v) is 16.9. The first kappa shape index (κ1) is 19.3. The molecule has 158 valence electrons. The molecule has 0 spiro atoms. The van der Waals surface area contributed by atoms with E-state index in [2.05, 4.69) is 14.9 Å². The minimum atomic E-state index is -0.415. The Morgan fingerprint density at radius 3 is 2.55 bits per heavy atom. The predicted octanol–water partition coefficient (Wildman–Crippen LogP) is 2.12. The lowest BCUT2D eigenvalue weighted by atomic mass is 10.1. The summed E-state index contributed by atoms with van der Waals surface area (Å²) >= 11 is 0. The Morgan fingerprint density at radius 1 is 1.00 bits per heavy atom. The van der Waals surface area contributed by atoms with Crippen molar-refractivity contribution in [1.29, 1.82) is 0 Å². The van der Waals surface area contributed by atoms with Crippen LogP contribution in [0.3, 0.4) is 0 Å². The number of fused-ring (bicyclic) bond motifs is 1. The second-order valence-electron chi connectivity index (χ2n) is 7.60. The number of ether oxygens (including phenoxy) is 2. The van der Waals surface area contributed by atoms with Gasteiger partial charge >= 0.3 is 0 Å². The molecule has 3 aromatic rings. The van der Waals surface area contributed by atoms with Crippen LogP contribution >= 0.6 is 0 Å². The Hall–Kier alpha value is -3.65. The van der Waals surface area contributed by atoms with E-state index in [1.54, 1.807) is 4.90 Å². The van der Waals surface area contributed by atoms with E-state index in [9.17, 15) is 9.59 Å². The molecule has 2 aliphatic rings. The molecule has 0 atom stereocenters. The Labute approximate surface area is 179 Å². The third-order valence-corrected chi connectivity index (χ3v) is 5.58. The maximum absolute atomic E-state index is 12.9. The zero-order valence-electron chi connectivity index (χ0n) is 16.9. The van der Waals surface area contributed by atoms with Gasteiger partial charge < -0.3 is 19.4 Å². The van der Waals surface area contributed by atoms with Crippen LogP contribution < -0.4 is 15.0 Å². The molecule has 0 saturated carbocycles. The van der Waals surface area contributed by atoms with Gasteiger partial charge in [0, 0.05) is 44.5 Å². The van der Waals surface area contributed by atoms with Crippen LogP contribution in [0.4, 0.5) is 0 Å². The molecule has 5 rings (SSSR count). The molecule has 1 fully saturated rings. The first-order chi connectivity index (χ1) is 15.2. The quantitative estimate of drug-likeness (QED) is 0.698. The van der Waals surface area contributed by atoms with Crippen LogP contribution in [0.1, 0.15) is 15.9 Å². The summed E-state index contributed by atoms with van der Waals surface area (Å²) in [5.74, 6) is 1.72. The highest BCUT2D eigenvalue weighted by atomic mass is 16.7. The smallest absolute Gasteiger partial charge is 0.264 e. The lowest BCUT2D eigenvalue weighted by molar-refractivity contribution is 0.0626. The average molecular weight is 418 g/mol. The topological polar surface area (TPSA) is 87.8 Å². The molecule has 1 saturated heterocycles. The summed E-state index contributed by atoms with van der Waals surface area (Å²) in [6, 6.07) is 15.3. The first-order valence-corrected chi connectivity index (χ1v) is 10.2. The lowest BCUT2D eigenvalue weighted by Gasteiger charge is -2.34. The van der Waals surface area contributed by atoms with Gasteiger partial charge in [-0.1, -0.05) is 36.4 Å². The van der Waals surface area contributed by atoms with Crippen molar-refractivity contribution in [1.82, 2.24) is 19.8 Å². The lowest BCUT2D eigenvalue weighted by Crippen LogP contribution is -2.49. The second kappa shape index (κ2) is 8.23. The van der Waals surface area contributed by atoms with Gasteiger partial charge in [-0.15, -0.1) is 0 Å². The number of nitrogens with one attached hydrogen (secondary N) is 1. The molecule has 31 heavy (non-hydrogen) atoms. The highest BCUT2D eigenvalue weighted by Crippen LogP contribution is 2.32. The Balaban J connectivity index is 1.21. The molecule has 0 radical (unpaired) electrons. The van der Waals surface area contributed by atoms with Gasteiger partial charge in [0.2, 0.25) is 6.79 Å². The van der Waals surface area contributed by atoms with Crippen molar-refractivity contribution in [3.05, 3.63) is 76.2 Å². The molecular weight excluding hydrogens is 396 g/mol. The summed E-state index contributed by atoms with van der Waals surface area (Å²) < 4.78 is 10.8. The molecule has 3 heterocycles. The number of aromatic nitrogens is 2. The molecule has 0 aliphatic carbocycles. The van der Waals surface area contributed by atoms with Crippen molar-refractivity contribution < 1.29 is 14.3 Å². The SMILES string of the molecule is O=C(c1cnc(-c2ccccc2)[nH]c1=O)N1CCN(Cc2ccc3c(c2)OCO3)CC1. The van der Waals surface area contributed by atoms with Crippen LogP contribution in [0.25, 0.3) is 11.4 Å². The molecule has 8 heteroatoms. The first-order valence-electron chi connectivity index (χ1n) is 10.2. The largest absolute Gasteiger partial charge is 0.454 e. The molecule has 0 unspecified atom stereocenters. The van der Waals surface area contributed by atoms with Crippen LogP contribution in [-0.4, -0.2) is 58.6 Å². The normalized spacial score (nSPS) is 15.8. The van der Waals surface area contributed by atoms with Gasteiger partial charge in [-0.05, 0) is 17.7 Å². The number of carbonyl (C=O) groups is 1. The number of benzene rings is 2. The van der Waals surface area contributed by atoms with E-state index >= 15 is 0 Å². The summed E-state index contributed by atoms with van der Waals surface area (Å²) in [7, 11) is 0. The third kappa shape index (κ3) is 4.02. The molecule has 2 aromatic carbocycles. The van der Waals surface area contributed by atoms with Gasteiger partial charge in [0.1, 0.15) is 11.4 Å². The Morgan fingerprint density at radius 2 is 1.77 bits per heavy atom. The highest BCUT2D eigenvalue weighted by Gasteiger charge is 2.25. The van der Waals surface area contributed by atoms with Gasteiger partial charge in [-0.2, -0.15) is 0 Å². The van der Waals surface area contributed by atoms with Crippen LogP contribution in [0.15, 0.2) is 59.5 Å². The number of hydrogen-bond acceptors (Lipinski definition) is 6. The van der Waals surface area contributed by atoms with Gasteiger partial charge in [0.05, 0.1) is 0 Å². The fourth-order valence-corrected chi connectivity index (χ4v) is 3.87. The summed E-state index contributed by atoms with van der Waals surface area (Å²) in [5.41, 5.74) is 1.60. The molecule has 8 nitrogen and oxygen atoms in total. The van der Waals surface area contributed by atoms with Gasteiger partial charge in [0.25, 0.3) is 11.5 Å². The number of aromatic amines is 1. The fraction of sp³-hybridized carbons (Fsp3) is 0.261. The minimum Gasteiger partial charge on any atom is -0.454 e. The Bertz CT molecular complexity index is 1150. The summed E-state index contributed by atoms with van der Waals surface area (Å²) in [6.07, 6.45) is 1.38. The molecule has 1 aromatic heterocycles. The highest BCUT2D eigenvalue weighted by molar-refractivity contribution is 5.93. The van der Waals surface area contributed by atoms with Crippen LogP contribution in [0.2, 0.25) is 0 Å². The maximum Gasteiger partial charge on any atom is 0.264 e. The van der Waals surface area contributed by atoms with Crippen molar-refractivity contribution in [3.8, 4) is 22.9 Å². The fourth-order valence-electron chi connectivity index (χ4n) is 3.87. The van der Waals surface area contributed by atoms with E-state index in [0.29, 0.717) is 18.9 Å². The maximum atomic E-state index is 12.9. The van der Waals surface area contributed by atoms with Gasteiger partial charge in [0.15, 0.2) is 11.5 Å². The van der Waals surface area contributed by atoms with Crippen molar-refractivity contribution in [3.63, 3.8) is 0 Å². The van der Waals surface area contributed by atoms with Crippen molar-refractivity contribution in [2.24, 2.45) is 0 Å². The average Bonchev–Trinajstić information content (AvgIpc) is 3.28. The van der Waals surface area contributed by atoms with E-state index in [4.69, 9.17) is 9.47 Å². The van der Waals surface area contributed by atoms with E-state index in [1.807, 2.05) is 48.5 Å². The van der Waals surface area contributed by atoms with E-state index in [1.165, 1.54) is 6.20 Å².